The van der Waals surface area contributed by atoms with Gasteiger partial charge >= 0.3 is 0 Å². The molecular formula is C10H18N4O2. The summed E-state index contributed by atoms with van der Waals surface area (Å²) < 4.78 is 0. The van der Waals surface area contributed by atoms with E-state index in [0.29, 0.717) is 12.4 Å². The number of nitrogens with zero attached hydrogens (tertiary/aromatic N) is 2. The summed E-state index contributed by atoms with van der Waals surface area (Å²) in [5.41, 5.74) is 4.99. The summed E-state index contributed by atoms with van der Waals surface area (Å²) in [5, 5.41) is 17.1. The van der Waals surface area contributed by atoms with E-state index in [1.54, 1.807) is 4.90 Å². The fourth-order valence-corrected chi connectivity index (χ4v) is 2.73. The van der Waals surface area contributed by atoms with E-state index >= 15 is 0 Å². The summed E-state index contributed by atoms with van der Waals surface area (Å²) in [6.45, 7) is 1.28. The molecule has 2 fully saturated rings. The first-order valence-electron chi connectivity index (χ1n) is 5.50. The maximum absolute atomic E-state index is 11.1. The van der Waals surface area contributed by atoms with E-state index in [1.807, 2.05) is 7.05 Å². The normalized spacial score (nSPS) is 31.9. The first-order chi connectivity index (χ1) is 7.53. The molecular weight excluding hydrogens is 208 g/mol. The molecule has 6 heteroatoms. The van der Waals surface area contributed by atoms with Crippen molar-refractivity contribution < 1.29 is 9.90 Å². The molecule has 2 rings (SSSR count). The number of amides is 1. The highest BCUT2D eigenvalue weighted by molar-refractivity contribution is 5.99. The van der Waals surface area contributed by atoms with Crippen LogP contribution in [0.5, 0.6) is 0 Å². The van der Waals surface area contributed by atoms with Gasteiger partial charge < -0.3 is 15.7 Å². The van der Waals surface area contributed by atoms with E-state index in [2.05, 4.69) is 4.90 Å². The Hall–Kier alpha value is -1.14. The average molecular weight is 226 g/mol. The molecule has 4 N–H and O–H groups in total. The van der Waals surface area contributed by atoms with Gasteiger partial charge in [0.25, 0.3) is 0 Å². The third-order valence-electron chi connectivity index (χ3n) is 3.85. The van der Waals surface area contributed by atoms with Gasteiger partial charge in [0.15, 0.2) is 0 Å². The standard InChI is InChI=1S/C10H18N4O2/c1-13-4-2-3-10(13)6-14(9(10)12)7(5-15)8(11)16/h7,12,15H,2-6H2,1H3,(H2,11,16)/t7-,10?/m0/s1. The minimum absolute atomic E-state index is 0.205. The first-order valence-corrected chi connectivity index (χ1v) is 5.50. The van der Waals surface area contributed by atoms with Crippen LogP contribution in [0.1, 0.15) is 12.8 Å². The Morgan fingerprint density at radius 3 is 2.81 bits per heavy atom. The van der Waals surface area contributed by atoms with Crippen molar-refractivity contribution in [2.75, 3.05) is 26.7 Å². The number of primary amides is 1. The van der Waals surface area contributed by atoms with Crippen LogP contribution in [0.15, 0.2) is 0 Å². The number of carbonyl (C=O) groups is 1. The molecule has 1 spiro atoms. The summed E-state index contributed by atoms with van der Waals surface area (Å²) in [6, 6.07) is -0.743. The van der Waals surface area contributed by atoms with Crippen molar-refractivity contribution in [3.63, 3.8) is 0 Å². The van der Waals surface area contributed by atoms with Crippen molar-refractivity contribution in [1.29, 1.82) is 5.41 Å². The van der Waals surface area contributed by atoms with Crippen molar-refractivity contribution in [1.82, 2.24) is 9.80 Å². The smallest absolute Gasteiger partial charge is 0.242 e. The second-order valence-electron chi connectivity index (χ2n) is 4.63. The van der Waals surface area contributed by atoms with E-state index in [-0.39, 0.29) is 12.1 Å². The van der Waals surface area contributed by atoms with Crippen molar-refractivity contribution in [3.8, 4) is 0 Å². The molecule has 1 unspecified atom stereocenters. The molecule has 2 heterocycles. The van der Waals surface area contributed by atoms with Crippen molar-refractivity contribution in [2.24, 2.45) is 5.73 Å². The number of aliphatic hydroxyl groups excluding tert-OH is 1. The Kier molecular flexibility index (Phi) is 2.63. The molecule has 0 saturated carbocycles. The second kappa shape index (κ2) is 3.71. The van der Waals surface area contributed by atoms with Gasteiger partial charge in [-0.1, -0.05) is 0 Å². The van der Waals surface area contributed by atoms with Crippen LogP contribution in [0.3, 0.4) is 0 Å². The van der Waals surface area contributed by atoms with Gasteiger partial charge in [-0.25, -0.2) is 0 Å². The lowest BCUT2D eigenvalue weighted by molar-refractivity contribution is -0.124. The number of hydrogen-bond donors (Lipinski definition) is 3. The minimum Gasteiger partial charge on any atom is -0.394 e. The Morgan fingerprint density at radius 1 is 1.75 bits per heavy atom. The number of likely N-dealkylation sites (N-methyl/N-ethyl adjacent to an activating group) is 1. The fraction of sp³-hybridized carbons (Fsp3) is 0.800. The first kappa shape index (κ1) is 11.3. The number of aliphatic hydroxyl groups is 1. The van der Waals surface area contributed by atoms with E-state index in [9.17, 15) is 4.79 Å². The van der Waals surface area contributed by atoms with Crippen molar-refractivity contribution in [2.45, 2.75) is 24.4 Å². The molecule has 0 bridgehead atoms. The molecule has 0 aliphatic carbocycles. The van der Waals surface area contributed by atoms with Crippen LogP contribution in [0.4, 0.5) is 0 Å². The van der Waals surface area contributed by atoms with Crippen LogP contribution in [0.2, 0.25) is 0 Å². The number of carbonyl (C=O) groups excluding carboxylic acids is 1. The molecule has 0 aromatic carbocycles. The Balaban J connectivity index is 2.09. The highest BCUT2D eigenvalue weighted by atomic mass is 16.3. The molecule has 0 aromatic heterocycles. The van der Waals surface area contributed by atoms with Crippen LogP contribution < -0.4 is 5.73 Å². The van der Waals surface area contributed by atoms with E-state index in [1.165, 1.54) is 0 Å². The zero-order valence-electron chi connectivity index (χ0n) is 9.44. The molecule has 2 aliphatic heterocycles. The number of hydrogen-bond acceptors (Lipinski definition) is 4. The molecule has 2 atom stereocenters. The largest absolute Gasteiger partial charge is 0.394 e. The second-order valence-corrected chi connectivity index (χ2v) is 4.63. The predicted molar refractivity (Wildman–Crippen MR) is 59.1 cm³/mol. The van der Waals surface area contributed by atoms with Gasteiger partial charge in [0.05, 0.1) is 12.1 Å². The van der Waals surface area contributed by atoms with Crippen molar-refractivity contribution in [3.05, 3.63) is 0 Å². The maximum Gasteiger partial charge on any atom is 0.242 e. The molecule has 90 valence electrons. The topological polar surface area (TPSA) is 93.7 Å². The number of rotatable bonds is 3. The van der Waals surface area contributed by atoms with Gasteiger partial charge in [0.2, 0.25) is 5.91 Å². The molecule has 6 nitrogen and oxygen atoms in total. The average Bonchev–Trinajstić information content (AvgIpc) is 2.62. The Labute approximate surface area is 94.5 Å². The summed E-state index contributed by atoms with van der Waals surface area (Å²) in [6.07, 6.45) is 2.03. The lowest BCUT2D eigenvalue weighted by atomic mass is 9.84. The maximum atomic E-state index is 11.1. The van der Waals surface area contributed by atoms with E-state index in [4.69, 9.17) is 16.2 Å². The third-order valence-corrected chi connectivity index (χ3v) is 3.85. The van der Waals surface area contributed by atoms with Crippen molar-refractivity contribution >= 4 is 11.7 Å². The van der Waals surface area contributed by atoms with Crippen LogP contribution in [0, 0.1) is 5.41 Å². The molecule has 2 aliphatic rings. The summed E-state index contributed by atoms with van der Waals surface area (Å²) in [4.78, 5) is 14.9. The molecule has 1 amide bonds. The minimum atomic E-state index is -0.743. The van der Waals surface area contributed by atoms with Gasteiger partial charge in [0.1, 0.15) is 11.9 Å². The van der Waals surface area contributed by atoms with Crippen LogP contribution in [-0.4, -0.2) is 65.0 Å². The summed E-state index contributed by atoms with van der Waals surface area (Å²) in [7, 11) is 2.00. The fourth-order valence-electron chi connectivity index (χ4n) is 2.73. The molecule has 16 heavy (non-hydrogen) atoms. The zero-order chi connectivity index (χ0) is 11.9. The summed E-state index contributed by atoms with van der Waals surface area (Å²) in [5.74, 6) is -0.145. The van der Waals surface area contributed by atoms with Gasteiger partial charge in [-0.15, -0.1) is 0 Å². The monoisotopic (exact) mass is 226 g/mol. The Morgan fingerprint density at radius 2 is 2.44 bits per heavy atom. The number of nitrogens with two attached hydrogens (primary N) is 1. The predicted octanol–water partition coefficient (Wildman–Crippen LogP) is -1.41. The highest BCUT2D eigenvalue weighted by Crippen LogP contribution is 2.38. The number of amidine groups is 1. The molecule has 0 aromatic rings. The van der Waals surface area contributed by atoms with E-state index < -0.39 is 11.9 Å². The lowest BCUT2D eigenvalue weighted by Gasteiger charge is -2.54. The number of nitrogens with one attached hydrogen (secondary N) is 1. The van der Waals surface area contributed by atoms with Crippen LogP contribution in [-0.2, 0) is 4.79 Å². The summed E-state index contributed by atoms with van der Waals surface area (Å²) >= 11 is 0. The Bertz CT molecular complexity index is 333. The van der Waals surface area contributed by atoms with Crippen LogP contribution >= 0.6 is 0 Å². The van der Waals surface area contributed by atoms with Gasteiger partial charge in [-0.3, -0.25) is 15.1 Å². The number of likely N-dealkylation sites (tertiary alicyclic amines) is 2. The van der Waals surface area contributed by atoms with Crippen LogP contribution in [0.25, 0.3) is 0 Å². The molecule has 0 radical (unpaired) electrons. The lowest BCUT2D eigenvalue weighted by Crippen LogP contribution is -2.74. The quantitative estimate of drug-likeness (QED) is 0.551. The SMILES string of the molecule is CN1CCCC12CN([C@@H](CO)C(N)=O)C2=N. The van der Waals surface area contributed by atoms with E-state index in [0.717, 1.165) is 19.4 Å². The molecule has 2 saturated heterocycles. The van der Waals surface area contributed by atoms with Gasteiger partial charge in [-0.2, -0.15) is 0 Å². The highest BCUT2D eigenvalue weighted by Gasteiger charge is 2.55. The van der Waals surface area contributed by atoms with Gasteiger partial charge in [-0.05, 0) is 26.4 Å². The van der Waals surface area contributed by atoms with Gasteiger partial charge in [0, 0.05) is 6.54 Å². The zero-order valence-corrected chi connectivity index (χ0v) is 9.44. The third kappa shape index (κ3) is 1.33.